The second-order valence-electron chi connectivity index (χ2n) is 5.07. The van der Waals surface area contributed by atoms with E-state index in [9.17, 15) is 8.42 Å². The van der Waals surface area contributed by atoms with Gasteiger partial charge in [0.2, 0.25) is 10.0 Å². The van der Waals surface area contributed by atoms with Crippen molar-refractivity contribution in [3.05, 3.63) is 29.8 Å². The summed E-state index contributed by atoms with van der Waals surface area (Å²) >= 11 is 0. The van der Waals surface area contributed by atoms with E-state index < -0.39 is 10.0 Å². The van der Waals surface area contributed by atoms with Crippen molar-refractivity contribution in [2.45, 2.75) is 36.8 Å². The summed E-state index contributed by atoms with van der Waals surface area (Å²) in [4.78, 5) is 0.301. The van der Waals surface area contributed by atoms with E-state index in [1.54, 1.807) is 18.2 Å². The predicted octanol–water partition coefficient (Wildman–Crippen LogP) is 1.42. The summed E-state index contributed by atoms with van der Waals surface area (Å²) < 4.78 is 32.6. The van der Waals surface area contributed by atoms with E-state index in [4.69, 9.17) is 4.74 Å². The number of rotatable bonds is 6. The Hall–Kier alpha value is -0.950. The Morgan fingerprint density at radius 1 is 1.45 bits per heavy atom. The van der Waals surface area contributed by atoms with Crippen LogP contribution in [0.15, 0.2) is 29.2 Å². The zero-order chi connectivity index (χ0) is 14.6. The van der Waals surface area contributed by atoms with Crippen molar-refractivity contribution in [2.75, 3.05) is 20.2 Å². The first-order chi connectivity index (χ1) is 9.53. The minimum absolute atomic E-state index is 0.00388. The maximum Gasteiger partial charge on any atom is 0.240 e. The molecule has 20 heavy (non-hydrogen) atoms. The minimum atomic E-state index is -3.47. The highest BCUT2D eigenvalue weighted by atomic mass is 32.2. The lowest BCUT2D eigenvalue weighted by atomic mass is 10.1. The van der Waals surface area contributed by atoms with E-state index in [1.807, 2.05) is 20.0 Å². The summed E-state index contributed by atoms with van der Waals surface area (Å²) in [7, 11) is -1.62. The summed E-state index contributed by atoms with van der Waals surface area (Å²) in [5.41, 5.74) is 0.951. The first-order valence-electron chi connectivity index (χ1n) is 6.91. The van der Waals surface area contributed by atoms with Gasteiger partial charge in [0.05, 0.1) is 11.0 Å². The van der Waals surface area contributed by atoms with Crippen molar-refractivity contribution in [3.63, 3.8) is 0 Å². The quantitative estimate of drug-likeness (QED) is 0.833. The van der Waals surface area contributed by atoms with Crippen molar-refractivity contribution in [1.29, 1.82) is 0 Å². The standard InChI is InChI=1S/C14H22N2O3S/c1-11(15-2)12-5-3-7-14(9-12)20(17,18)16-10-13-6-4-8-19-13/h3,5,7,9,11,13,15-16H,4,6,8,10H2,1-2H3. The maximum atomic E-state index is 12.3. The lowest BCUT2D eigenvalue weighted by Gasteiger charge is -2.14. The lowest BCUT2D eigenvalue weighted by Crippen LogP contribution is -2.32. The van der Waals surface area contributed by atoms with E-state index in [0.29, 0.717) is 11.4 Å². The number of ether oxygens (including phenoxy) is 1. The molecule has 0 saturated carbocycles. The smallest absolute Gasteiger partial charge is 0.240 e. The van der Waals surface area contributed by atoms with E-state index in [0.717, 1.165) is 25.0 Å². The fourth-order valence-corrected chi connectivity index (χ4v) is 3.33. The molecule has 0 amide bonds. The number of hydrogen-bond donors (Lipinski definition) is 2. The lowest BCUT2D eigenvalue weighted by molar-refractivity contribution is 0.114. The van der Waals surface area contributed by atoms with Crippen molar-refractivity contribution < 1.29 is 13.2 Å². The van der Waals surface area contributed by atoms with Gasteiger partial charge in [-0.15, -0.1) is 0 Å². The molecule has 2 N–H and O–H groups in total. The SMILES string of the molecule is CNC(C)c1cccc(S(=O)(=O)NCC2CCCO2)c1. The highest BCUT2D eigenvalue weighted by molar-refractivity contribution is 7.89. The predicted molar refractivity (Wildman–Crippen MR) is 78.1 cm³/mol. The molecule has 6 heteroatoms. The number of sulfonamides is 1. The molecule has 2 unspecified atom stereocenters. The van der Waals surface area contributed by atoms with Crippen LogP contribution in [0, 0.1) is 0 Å². The molecule has 5 nitrogen and oxygen atoms in total. The van der Waals surface area contributed by atoms with E-state index in [2.05, 4.69) is 10.0 Å². The Morgan fingerprint density at radius 2 is 2.25 bits per heavy atom. The molecular weight excluding hydrogens is 276 g/mol. The molecule has 1 aliphatic heterocycles. The third-order valence-electron chi connectivity index (χ3n) is 3.63. The summed E-state index contributed by atoms with van der Waals surface area (Å²) in [6.45, 7) is 3.06. The first-order valence-corrected chi connectivity index (χ1v) is 8.40. The Morgan fingerprint density at radius 3 is 2.90 bits per heavy atom. The molecule has 0 aliphatic carbocycles. The average molecular weight is 298 g/mol. The van der Waals surface area contributed by atoms with Crippen molar-refractivity contribution in [3.8, 4) is 0 Å². The van der Waals surface area contributed by atoms with Crippen molar-refractivity contribution in [1.82, 2.24) is 10.0 Å². The van der Waals surface area contributed by atoms with Crippen LogP contribution >= 0.6 is 0 Å². The van der Waals surface area contributed by atoms with Crippen LogP contribution in [0.3, 0.4) is 0 Å². The average Bonchev–Trinajstić information content (AvgIpc) is 2.98. The third-order valence-corrected chi connectivity index (χ3v) is 5.05. The molecule has 2 rings (SSSR count). The van der Waals surface area contributed by atoms with Crippen LogP contribution in [-0.4, -0.2) is 34.7 Å². The van der Waals surface area contributed by atoms with E-state index >= 15 is 0 Å². The molecule has 1 aliphatic rings. The molecule has 1 heterocycles. The molecule has 112 valence electrons. The fourth-order valence-electron chi connectivity index (χ4n) is 2.21. The monoisotopic (exact) mass is 298 g/mol. The van der Waals surface area contributed by atoms with Gasteiger partial charge in [-0.2, -0.15) is 0 Å². The van der Waals surface area contributed by atoms with Gasteiger partial charge < -0.3 is 10.1 Å². The van der Waals surface area contributed by atoms with Crippen LogP contribution in [0.5, 0.6) is 0 Å². The van der Waals surface area contributed by atoms with Crippen LogP contribution in [-0.2, 0) is 14.8 Å². The molecule has 0 aromatic heterocycles. The van der Waals surface area contributed by atoms with Gasteiger partial charge in [0, 0.05) is 19.2 Å². The number of benzene rings is 1. The summed E-state index contributed by atoms with van der Waals surface area (Å²) in [5, 5.41) is 3.10. The Balaban J connectivity index is 2.08. The molecule has 0 bridgehead atoms. The summed E-state index contributed by atoms with van der Waals surface area (Å²) in [5.74, 6) is 0. The molecular formula is C14H22N2O3S. The molecule has 1 aromatic rings. The molecule has 0 radical (unpaired) electrons. The van der Waals surface area contributed by atoms with Gasteiger partial charge in [-0.05, 0) is 44.5 Å². The zero-order valence-corrected chi connectivity index (χ0v) is 12.7. The number of nitrogens with one attached hydrogen (secondary N) is 2. The van der Waals surface area contributed by atoms with Crippen LogP contribution in [0.25, 0.3) is 0 Å². The van der Waals surface area contributed by atoms with Crippen LogP contribution in [0.2, 0.25) is 0 Å². The highest BCUT2D eigenvalue weighted by Gasteiger charge is 2.20. The summed E-state index contributed by atoms with van der Waals surface area (Å²) in [6.07, 6.45) is 1.92. The van der Waals surface area contributed by atoms with Crippen LogP contribution < -0.4 is 10.0 Å². The van der Waals surface area contributed by atoms with E-state index in [1.165, 1.54) is 0 Å². The van der Waals surface area contributed by atoms with Crippen molar-refractivity contribution >= 4 is 10.0 Å². The molecule has 1 saturated heterocycles. The topological polar surface area (TPSA) is 67.4 Å². The molecule has 2 atom stereocenters. The third kappa shape index (κ3) is 3.79. The zero-order valence-electron chi connectivity index (χ0n) is 11.9. The Kier molecular flexibility index (Phi) is 5.15. The van der Waals surface area contributed by atoms with Gasteiger partial charge in [0.15, 0.2) is 0 Å². The van der Waals surface area contributed by atoms with Crippen molar-refractivity contribution in [2.24, 2.45) is 0 Å². The normalized spacial score (nSPS) is 21.0. The van der Waals surface area contributed by atoms with Gasteiger partial charge in [-0.3, -0.25) is 0 Å². The van der Waals surface area contributed by atoms with Gasteiger partial charge in [0.25, 0.3) is 0 Å². The second kappa shape index (κ2) is 6.67. The molecule has 0 spiro atoms. The van der Waals surface area contributed by atoms with Gasteiger partial charge in [-0.25, -0.2) is 13.1 Å². The largest absolute Gasteiger partial charge is 0.377 e. The van der Waals surface area contributed by atoms with Gasteiger partial charge in [0.1, 0.15) is 0 Å². The van der Waals surface area contributed by atoms with E-state index in [-0.39, 0.29) is 12.1 Å². The highest BCUT2D eigenvalue weighted by Crippen LogP contribution is 2.18. The minimum Gasteiger partial charge on any atom is -0.377 e. The second-order valence-corrected chi connectivity index (χ2v) is 6.84. The molecule has 1 fully saturated rings. The summed E-state index contributed by atoms with van der Waals surface area (Å²) in [6, 6.07) is 7.12. The fraction of sp³-hybridized carbons (Fsp3) is 0.571. The first kappa shape index (κ1) is 15.4. The van der Waals surface area contributed by atoms with Crippen LogP contribution in [0.4, 0.5) is 0 Å². The van der Waals surface area contributed by atoms with Gasteiger partial charge >= 0.3 is 0 Å². The Labute approximate surface area is 120 Å². The number of hydrogen-bond acceptors (Lipinski definition) is 4. The van der Waals surface area contributed by atoms with Gasteiger partial charge in [-0.1, -0.05) is 12.1 Å². The maximum absolute atomic E-state index is 12.3. The Bertz CT molecular complexity index is 539. The van der Waals surface area contributed by atoms with Crippen LogP contribution in [0.1, 0.15) is 31.4 Å². The molecule has 1 aromatic carbocycles.